The van der Waals surface area contributed by atoms with Gasteiger partial charge >= 0.3 is 5.97 Å². The Morgan fingerprint density at radius 1 is 1.04 bits per heavy atom. The Hall–Kier alpha value is -2.82. The van der Waals surface area contributed by atoms with Gasteiger partial charge in [0.15, 0.2) is 5.71 Å². The zero-order chi connectivity index (χ0) is 16.8. The second-order valence-electron chi connectivity index (χ2n) is 4.98. The third-order valence-electron chi connectivity index (χ3n) is 3.27. The third kappa shape index (κ3) is 3.88. The van der Waals surface area contributed by atoms with Gasteiger partial charge in [-0.05, 0) is 44.0 Å². The van der Waals surface area contributed by atoms with E-state index >= 15 is 0 Å². The molecule has 120 valence electrons. The molecule has 0 radical (unpaired) electrons. The molecule has 2 aromatic rings. The molecule has 0 saturated carbocycles. The normalized spacial score (nSPS) is 11.2. The molecule has 0 aliphatic rings. The van der Waals surface area contributed by atoms with E-state index in [0.717, 1.165) is 11.1 Å². The lowest BCUT2D eigenvalue weighted by molar-refractivity contribution is -0.129. The summed E-state index contributed by atoms with van der Waals surface area (Å²) in [7, 11) is 0. The van der Waals surface area contributed by atoms with E-state index in [1.807, 2.05) is 50.2 Å². The standard InChI is InChI=1S/C18H19NO4/c1-4-22-19-17(18(20)21)16-13(3)9-7-11-15(16)23-14-10-6-5-8-12(14)2/h5-11H,4H2,1-3H3,(H,20,21). The molecule has 5 nitrogen and oxygen atoms in total. The number of carbonyl (C=O) groups is 1. The van der Waals surface area contributed by atoms with E-state index in [1.165, 1.54) is 0 Å². The molecule has 0 saturated heterocycles. The number of carboxylic acid groups (broad SMARTS) is 1. The number of hydrogen-bond acceptors (Lipinski definition) is 4. The van der Waals surface area contributed by atoms with E-state index < -0.39 is 5.97 Å². The van der Waals surface area contributed by atoms with Gasteiger partial charge < -0.3 is 14.7 Å². The van der Waals surface area contributed by atoms with E-state index in [2.05, 4.69) is 5.16 Å². The van der Waals surface area contributed by atoms with Crippen molar-refractivity contribution in [1.29, 1.82) is 0 Å². The Labute approximate surface area is 135 Å². The lowest BCUT2D eigenvalue weighted by Crippen LogP contribution is -2.17. The number of carboxylic acids is 1. The number of aryl methyl sites for hydroxylation is 2. The molecule has 0 aliphatic carbocycles. The fraction of sp³-hybridized carbons (Fsp3) is 0.222. The summed E-state index contributed by atoms with van der Waals surface area (Å²) in [4.78, 5) is 16.5. The average molecular weight is 313 g/mol. The van der Waals surface area contributed by atoms with Crippen LogP contribution in [0.25, 0.3) is 0 Å². The fourth-order valence-electron chi connectivity index (χ4n) is 2.14. The maximum absolute atomic E-state index is 11.6. The molecule has 0 unspecified atom stereocenters. The first kappa shape index (κ1) is 16.5. The van der Waals surface area contributed by atoms with Crippen LogP contribution in [0.5, 0.6) is 11.5 Å². The van der Waals surface area contributed by atoms with Crippen molar-refractivity contribution in [3.05, 3.63) is 59.2 Å². The summed E-state index contributed by atoms with van der Waals surface area (Å²) >= 11 is 0. The van der Waals surface area contributed by atoms with E-state index in [9.17, 15) is 9.90 Å². The number of nitrogens with zero attached hydrogens (tertiary/aromatic N) is 1. The van der Waals surface area contributed by atoms with E-state index in [0.29, 0.717) is 17.1 Å². The summed E-state index contributed by atoms with van der Waals surface area (Å²) in [5.41, 5.74) is 1.95. The highest BCUT2D eigenvalue weighted by atomic mass is 16.6. The molecular weight excluding hydrogens is 294 g/mol. The lowest BCUT2D eigenvalue weighted by atomic mass is 10.0. The molecule has 0 atom stereocenters. The number of para-hydroxylation sites is 1. The molecule has 5 heteroatoms. The van der Waals surface area contributed by atoms with E-state index in [-0.39, 0.29) is 12.3 Å². The zero-order valence-corrected chi connectivity index (χ0v) is 13.4. The Morgan fingerprint density at radius 3 is 2.35 bits per heavy atom. The van der Waals surface area contributed by atoms with Crippen molar-refractivity contribution in [3.63, 3.8) is 0 Å². The van der Waals surface area contributed by atoms with Crippen molar-refractivity contribution in [2.45, 2.75) is 20.8 Å². The maximum Gasteiger partial charge on any atom is 0.358 e. The maximum atomic E-state index is 11.6. The van der Waals surface area contributed by atoms with Crippen LogP contribution in [0.2, 0.25) is 0 Å². The van der Waals surface area contributed by atoms with Crippen LogP contribution in [0.3, 0.4) is 0 Å². The molecule has 0 bridgehead atoms. The summed E-state index contributed by atoms with van der Waals surface area (Å²) < 4.78 is 5.93. The van der Waals surface area contributed by atoms with Crippen LogP contribution in [-0.4, -0.2) is 23.4 Å². The van der Waals surface area contributed by atoms with Crippen molar-refractivity contribution in [2.75, 3.05) is 6.61 Å². The molecule has 0 spiro atoms. The molecule has 0 aromatic heterocycles. The van der Waals surface area contributed by atoms with Gasteiger partial charge in [-0.25, -0.2) is 4.79 Å². The highest BCUT2D eigenvalue weighted by molar-refractivity contribution is 6.43. The van der Waals surface area contributed by atoms with Crippen LogP contribution in [0.1, 0.15) is 23.6 Å². The van der Waals surface area contributed by atoms with Gasteiger partial charge in [-0.15, -0.1) is 0 Å². The average Bonchev–Trinajstić information content (AvgIpc) is 2.52. The Bertz CT molecular complexity index is 738. The Balaban J connectivity index is 2.51. The smallest absolute Gasteiger partial charge is 0.358 e. The van der Waals surface area contributed by atoms with Crippen molar-refractivity contribution < 1.29 is 19.5 Å². The minimum absolute atomic E-state index is 0.173. The topological polar surface area (TPSA) is 68.1 Å². The first-order chi connectivity index (χ1) is 11.0. The molecule has 0 aliphatic heterocycles. The van der Waals surface area contributed by atoms with Crippen molar-refractivity contribution in [1.82, 2.24) is 0 Å². The van der Waals surface area contributed by atoms with Crippen molar-refractivity contribution >= 4 is 11.7 Å². The molecule has 23 heavy (non-hydrogen) atoms. The molecule has 1 N–H and O–H groups in total. The summed E-state index contributed by atoms with van der Waals surface area (Å²) in [6.45, 7) is 5.77. The lowest BCUT2D eigenvalue weighted by Gasteiger charge is -2.14. The number of aliphatic carboxylic acids is 1. The quantitative estimate of drug-likeness (QED) is 0.648. The summed E-state index contributed by atoms with van der Waals surface area (Å²) in [6.07, 6.45) is 0. The fourth-order valence-corrected chi connectivity index (χ4v) is 2.14. The van der Waals surface area contributed by atoms with Gasteiger partial charge in [-0.1, -0.05) is 35.5 Å². The van der Waals surface area contributed by atoms with Crippen molar-refractivity contribution in [3.8, 4) is 11.5 Å². The highest BCUT2D eigenvalue weighted by Crippen LogP contribution is 2.30. The number of hydrogen-bond donors (Lipinski definition) is 1. The number of rotatable bonds is 6. The summed E-state index contributed by atoms with van der Waals surface area (Å²) in [5.74, 6) is -0.0666. The van der Waals surface area contributed by atoms with Gasteiger partial charge in [0.05, 0.1) is 5.56 Å². The van der Waals surface area contributed by atoms with Crippen LogP contribution in [0.15, 0.2) is 47.6 Å². The van der Waals surface area contributed by atoms with Gasteiger partial charge in [-0.2, -0.15) is 0 Å². The molecule has 2 aromatic carbocycles. The van der Waals surface area contributed by atoms with Gasteiger partial charge in [0.1, 0.15) is 18.1 Å². The van der Waals surface area contributed by atoms with Crippen LogP contribution < -0.4 is 4.74 Å². The first-order valence-electron chi connectivity index (χ1n) is 7.31. The van der Waals surface area contributed by atoms with E-state index in [1.54, 1.807) is 13.0 Å². The summed E-state index contributed by atoms with van der Waals surface area (Å²) in [5, 5.41) is 13.2. The van der Waals surface area contributed by atoms with Crippen LogP contribution in [-0.2, 0) is 9.63 Å². The van der Waals surface area contributed by atoms with Crippen LogP contribution >= 0.6 is 0 Å². The van der Waals surface area contributed by atoms with Gasteiger partial charge in [0, 0.05) is 0 Å². The first-order valence-corrected chi connectivity index (χ1v) is 7.31. The minimum atomic E-state index is -1.16. The molecule has 0 heterocycles. The van der Waals surface area contributed by atoms with E-state index in [4.69, 9.17) is 9.57 Å². The molecular formula is C18H19NO4. The molecule has 0 amide bonds. The zero-order valence-electron chi connectivity index (χ0n) is 13.4. The van der Waals surface area contributed by atoms with Crippen LogP contribution in [0, 0.1) is 13.8 Å². The van der Waals surface area contributed by atoms with Gasteiger partial charge in [0.2, 0.25) is 0 Å². The highest BCUT2D eigenvalue weighted by Gasteiger charge is 2.21. The largest absolute Gasteiger partial charge is 0.476 e. The predicted octanol–water partition coefficient (Wildman–Crippen LogP) is 3.92. The monoisotopic (exact) mass is 313 g/mol. The van der Waals surface area contributed by atoms with Crippen LogP contribution in [0.4, 0.5) is 0 Å². The van der Waals surface area contributed by atoms with Gasteiger partial charge in [0.25, 0.3) is 0 Å². The second-order valence-corrected chi connectivity index (χ2v) is 4.98. The number of ether oxygens (including phenoxy) is 1. The Kier molecular flexibility index (Phi) is 5.36. The Morgan fingerprint density at radius 2 is 1.70 bits per heavy atom. The molecule has 2 rings (SSSR count). The number of benzene rings is 2. The second kappa shape index (κ2) is 7.45. The minimum Gasteiger partial charge on any atom is -0.476 e. The van der Waals surface area contributed by atoms with Gasteiger partial charge in [-0.3, -0.25) is 0 Å². The summed E-state index contributed by atoms with van der Waals surface area (Å²) in [6, 6.07) is 12.9. The SMILES string of the molecule is CCON=C(C(=O)O)c1c(C)cccc1Oc1ccccc1C. The third-order valence-corrected chi connectivity index (χ3v) is 3.27. The van der Waals surface area contributed by atoms with Crippen molar-refractivity contribution in [2.24, 2.45) is 5.16 Å². The number of oxime groups is 1. The predicted molar refractivity (Wildman–Crippen MR) is 88.2 cm³/mol. The molecule has 0 fully saturated rings.